The molecule has 3 aromatic rings. The Morgan fingerprint density at radius 1 is 0.903 bits per heavy atom. The number of nitrogens with zero attached hydrogens (tertiary/aromatic N) is 2. The lowest BCUT2D eigenvalue weighted by atomic mass is 10.1. The van der Waals surface area contributed by atoms with E-state index in [1.165, 1.54) is 26.4 Å². The molecule has 0 bridgehead atoms. The number of hydrogen-bond acceptors (Lipinski definition) is 5. The topological polar surface area (TPSA) is 89.9 Å². The number of carbonyl (C=O) groups is 3. The van der Waals surface area contributed by atoms with Gasteiger partial charge in [-0.1, -0.05) is 18.2 Å². The molecule has 0 aliphatic carbocycles. The fourth-order valence-electron chi connectivity index (χ4n) is 3.33. The van der Waals surface area contributed by atoms with E-state index in [2.05, 4.69) is 5.32 Å². The number of barbiturate groups is 1. The number of methoxy groups -OCH3 is 2. The van der Waals surface area contributed by atoms with Crippen LogP contribution in [0.3, 0.4) is 0 Å². The highest BCUT2D eigenvalue weighted by Crippen LogP contribution is 2.34. The first kappa shape index (κ1) is 20.0. The van der Waals surface area contributed by atoms with Crippen LogP contribution in [0, 0.1) is 0 Å². The molecule has 0 atom stereocenters. The molecule has 2 heterocycles. The summed E-state index contributed by atoms with van der Waals surface area (Å²) in [4.78, 5) is 39.1. The molecule has 2 aromatic carbocycles. The fraction of sp³-hybridized carbons (Fsp3) is 0.0870. The van der Waals surface area contributed by atoms with Crippen molar-refractivity contribution in [3.05, 3.63) is 78.1 Å². The van der Waals surface area contributed by atoms with Gasteiger partial charge in [0.25, 0.3) is 11.8 Å². The van der Waals surface area contributed by atoms with E-state index >= 15 is 0 Å². The van der Waals surface area contributed by atoms with E-state index in [9.17, 15) is 14.4 Å². The minimum absolute atomic E-state index is 0.173. The number of nitrogens with one attached hydrogen (secondary N) is 1. The van der Waals surface area contributed by atoms with Crippen molar-refractivity contribution in [1.82, 2.24) is 9.88 Å². The van der Waals surface area contributed by atoms with E-state index in [0.29, 0.717) is 11.4 Å². The Morgan fingerprint density at radius 3 is 2.39 bits per heavy atom. The molecule has 8 nitrogen and oxygen atoms in total. The maximum atomic E-state index is 13.2. The van der Waals surface area contributed by atoms with Crippen molar-refractivity contribution in [2.75, 3.05) is 19.1 Å². The Labute approximate surface area is 178 Å². The number of hydrogen-bond donors (Lipinski definition) is 1. The maximum Gasteiger partial charge on any atom is 0.336 e. The summed E-state index contributed by atoms with van der Waals surface area (Å²) < 4.78 is 12.3. The minimum atomic E-state index is -0.853. The number of para-hydroxylation sites is 1. The zero-order valence-electron chi connectivity index (χ0n) is 16.9. The number of aromatic nitrogens is 1. The van der Waals surface area contributed by atoms with Crippen molar-refractivity contribution >= 4 is 29.6 Å². The largest absolute Gasteiger partial charge is 0.497 e. The van der Waals surface area contributed by atoms with Gasteiger partial charge < -0.3 is 14.0 Å². The third kappa shape index (κ3) is 3.66. The molecular weight excluding hydrogens is 398 g/mol. The summed E-state index contributed by atoms with van der Waals surface area (Å²) in [7, 11) is 2.91. The predicted molar refractivity (Wildman–Crippen MR) is 114 cm³/mol. The average Bonchev–Trinajstić information content (AvgIpc) is 3.25. The molecule has 0 spiro atoms. The average molecular weight is 417 g/mol. The first-order chi connectivity index (χ1) is 15.0. The van der Waals surface area contributed by atoms with Gasteiger partial charge in [-0.25, -0.2) is 9.69 Å². The number of amides is 4. The number of ether oxygens (including phenoxy) is 2. The van der Waals surface area contributed by atoms with Crippen LogP contribution in [-0.2, 0) is 9.59 Å². The smallest absolute Gasteiger partial charge is 0.336 e. The van der Waals surface area contributed by atoms with Gasteiger partial charge in [0, 0.05) is 23.6 Å². The lowest BCUT2D eigenvalue weighted by Gasteiger charge is -2.27. The van der Waals surface area contributed by atoms with E-state index in [-0.39, 0.29) is 17.0 Å². The fourth-order valence-corrected chi connectivity index (χ4v) is 3.33. The van der Waals surface area contributed by atoms with Crippen LogP contribution < -0.4 is 19.7 Å². The first-order valence-electron chi connectivity index (χ1n) is 9.39. The molecule has 0 saturated carbocycles. The maximum absolute atomic E-state index is 13.2. The Balaban J connectivity index is 1.76. The van der Waals surface area contributed by atoms with Crippen LogP contribution in [0.1, 0.15) is 5.69 Å². The summed E-state index contributed by atoms with van der Waals surface area (Å²) in [5, 5.41) is 2.22. The summed E-state index contributed by atoms with van der Waals surface area (Å²) >= 11 is 0. The third-order valence-electron chi connectivity index (χ3n) is 4.84. The van der Waals surface area contributed by atoms with E-state index in [1.807, 2.05) is 41.1 Å². The number of rotatable bonds is 5. The monoisotopic (exact) mass is 417 g/mol. The van der Waals surface area contributed by atoms with Gasteiger partial charge in [-0.2, -0.15) is 0 Å². The molecule has 4 amide bonds. The molecule has 1 aromatic heterocycles. The number of urea groups is 1. The number of benzene rings is 2. The zero-order chi connectivity index (χ0) is 22.0. The lowest BCUT2D eigenvalue weighted by Crippen LogP contribution is -2.54. The van der Waals surface area contributed by atoms with Crippen molar-refractivity contribution in [2.45, 2.75) is 0 Å². The normalized spacial score (nSPS) is 15.2. The molecular formula is C23H19N3O5. The second-order valence-corrected chi connectivity index (χ2v) is 6.63. The van der Waals surface area contributed by atoms with Crippen molar-refractivity contribution in [3.8, 4) is 17.2 Å². The summed E-state index contributed by atoms with van der Waals surface area (Å²) in [6.07, 6.45) is 3.28. The molecule has 0 radical (unpaired) electrons. The predicted octanol–water partition coefficient (Wildman–Crippen LogP) is 3.16. The molecule has 31 heavy (non-hydrogen) atoms. The van der Waals surface area contributed by atoms with Crippen molar-refractivity contribution in [1.29, 1.82) is 0 Å². The van der Waals surface area contributed by atoms with Crippen LogP contribution in [0.4, 0.5) is 10.5 Å². The van der Waals surface area contributed by atoms with Crippen LogP contribution in [-0.4, -0.2) is 36.6 Å². The number of imide groups is 2. The van der Waals surface area contributed by atoms with Crippen molar-refractivity contribution in [3.63, 3.8) is 0 Å². The van der Waals surface area contributed by atoms with E-state index in [4.69, 9.17) is 9.47 Å². The van der Waals surface area contributed by atoms with Gasteiger partial charge in [0.15, 0.2) is 0 Å². The molecule has 0 unspecified atom stereocenters. The highest BCUT2D eigenvalue weighted by molar-refractivity contribution is 6.39. The molecule has 156 valence electrons. The van der Waals surface area contributed by atoms with Crippen LogP contribution in [0.15, 0.2) is 72.4 Å². The van der Waals surface area contributed by atoms with Crippen LogP contribution in [0.25, 0.3) is 11.8 Å². The lowest BCUT2D eigenvalue weighted by molar-refractivity contribution is -0.122. The quantitative estimate of drug-likeness (QED) is 0.509. The zero-order valence-corrected chi connectivity index (χ0v) is 16.9. The van der Waals surface area contributed by atoms with Gasteiger partial charge >= 0.3 is 6.03 Å². The highest BCUT2D eigenvalue weighted by atomic mass is 16.5. The van der Waals surface area contributed by atoms with Crippen LogP contribution >= 0.6 is 0 Å². The van der Waals surface area contributed by atoms with Crippen molar-refractivity contribution < 1.29 is 23.9 Å². The molecule has 1 aliphatic heterocycles. The Bertz CT molecular complexity index is 1200. The highest BCUT2D eigenvalue weighted by Gasteiger charge is 2.38. The molecule has 4 rings (SSSR count). The number of anilines is 1. The van der Waals surface area contributed by atoms with Gasteiger partial charge in [0.1, 0.15) is 17.1 Å². The van der Waals surface area contributed by atoms with E-state index in [0.717, 1.165) is 10.6 Å². The third-order valence-corrected chi connectivity index (χ3v) is 4.84. The second kappa shape index (κ2) is 8.19. The molecule has 1 aliphatic rings. The number of carbonyl (C=O) groups excluding carboxylic acids is 3. The summed E-state index contributed by atoms with van der Waals surface area (Å²) in [6, 6.07) is 16.9. The molecule has 1 saturated heterocycles. The standard InChI is InChI=1S/C23H19N3O5/c1-30-17-10-11-19(20(14-17)31-2)26-22(28)18(21(27)24-23(26)29)13-16-9-6-12-25(16)15-7-4-3-5-8-15/h3-14H,1-2H3,(H,24,27,29)/b18-13+. The Kier molecular flexibility index (Phi) is 5.28. The molecule has 8 heteroatoms. The minimum Gasteiger partial charge on any atom is -0.497 e. The molecule has 1 fully saturated rings. The van der Waals surface area contributed by atoms with Crippen molar-refractivity contribution in [2.24, 2.45) is 0 Å². The van der Waals surface area contributed by atoms with Crippen LogP contribution in [0.2, 0.25) is 0 Å². The van der Waals surface area contributed by atoms with Gasteiger partial charge in [-0.3, -0.25) is 14.9 Å². The first-order valence-corrected chi connectivity index (χ1v) is 9.39. The summed E-state index contributed by atoms with van der Waals surface area (Å²) in [5.41, 5.74) is 1.50. The second-order valence-electron chi connectivity index (χ2n) is 6.63. The SMILES string of the molecule is COc1ccc(N2C(=O)NC(=O)/C(=C\c3cccn3-c3ccccc3)C2=O)c(OC)c1. The Hall–Kier alpha value is -4.33. The van der Waals surface area contributed by atoms with Gasteiger partial charge in [-0.05, 0) is 42.5 Å². The van der Waals surface area contributed by atoms with E-state index in [1.54, 1.807) is 24.3 Å². The Morgan fingerprint density at radius 2 is 1.68 bits per heavy atom. The molecule has 1 N–H and O–H groups in total. The van der Waals surface area contributed by atoms with Crippen LogP contribution in [0.5, 0.6) is 11.5 Å². The van der Waals surface area contributed by atoms with Gasteiger partial charge in [0.2, 0.25) is 0 Å². The van der Waals surface area contributed by atoms with Gasteiger partial charge in [0.05, 0.1) is 19.9 Å². The van der Waals surface area contributed by atoms with Gasteiger partial charge in [-0.15, -0.1) is 0 Å². The summed E-state index contributed by atoms with van der Waals surface area (Å²) in [5.74, 6) is -0.764. The van der Waals surface area contributed by atoms with E-state index < -0.39 is 17.8 Å². The summed E-state index contributed by atoms with van der Waals surface area (Å²) in [6.45, 7) is 0.